The van der Waals surface area contributed by atoms with E-state index in [-0.39, 0.29) is 17.7 Å². The first-order chi connectivity index (χ1) is 7.65. The Kier molecular flexibility index (Phi) is 3.10. The van der Waals surface area contributed by atoms with Gasteiger partial charge in [0, 0.05) is 17.5 Å². The van der Waals surface area contributed by atoms with Gasteiger partial charge in [0.1, 0.15) is 0 Å². The van der Waals surface area contributed by atoms with Gasteiger partial charge in [-0.3, -0.25) is 4.79 Å². The highest BCUT2D eigenvalue weighted by atomic mass is 16.1. The Bertz CT molecular complexity index is 399. The van der Waals surface area contributed by atoms with Crippen molar-refractivity contribution in [3.63, 3.8) is 0 Å². The third-order valence-electron chi connectivity index (χ3n) is 3.69. The summed E-state index contributed by atoms with van der Waals surface area (Å²) >= 11 is 0. The minimum Gasteiger partial charge on any atom is -0.327 e. The molecular formula is C14H19NO. The summed E-state index contributed by atoms with van der Waals surface area (Å²) in [6, 6.07) is 7.93. The lowest BCUT2D eigenvalue weighted by Gasteiger charge is -2.31. The van der Waals surface area contributed by atoms with Crippen molar-refractivity contribution in [1.82, 2.24) is 0 Å². The second kappa shape index (κ2) is 4.38. The topological polar surface area (TPSA) is 43.1 Å². The second-order valence-electron chi connectivity index (χ2n) is 4.77. The van der Waals surface area contributed by atoms with E-state index in [0.717, 1.165) is 18.4 Å². The van der Waals surface area contributed by atoms with Crippen LogP contribution in [0.3, 0.4) is 0 Å². The standard InChI is InChI=1S/C14H19NO/c1-3-13(15)12-8-9(2)10-6-4-5-7-11(10)14(12)16/h4-7,9,12-13H,3,8,15H2,1-2H3. The Balaban J connectivity index is 2.38. The van der Waals surface area contributed by atoms with Gasteiger partial charge in [-0.1, -0.05) is 38.1 Å². The molecule has 0 aromatic heterocycles. The molecule has 0 radical (unpaired) electrons. The summed E-state index contributed by atoms with van der Waals surface area (Å²) in [6.45, 7) is 4.23. The van der Waals surface area contributed by atoms with E-state index in [1.807, 2.05) is 25.1 Å². The fourth-order valence-electron chi connectivity index (χ4n) is 2.62. The van der Waals surface area contributed by atoms with E-state index in [1.165, 1.54) is 5.56 Å². The monoisotopic (exact) mass is 217 g/mol. The lowest BCUT2D eigenvalue weighted by molar-refractivity contribution is 0.0870. The summed E-state index contributed by atoms with van der Waals surface area (Å²) < 4.78 is 0. The average Bonchev–Trinajstić information content (AvgIpc) is 2.33. The zero-order chi connectivity index (χ0) is 11.7. The van der Waals surface area contributed by atoms with Crippen molar-refractivity contribution >= 4 is 5.78 Å². The number of hydrogen-bond acceptors (Lipinski definition) is 2. The number of hydrogen-bond donors (Lipinski definition) is 1. The zero-order valence-corrected chi connectivity index (χ0v) is 9.94. The minimum atomic E-state index is 0.00306. The summed E-state index contributed by atoms with van der Waals surface area (Å²) in [5.41, 5.74) is 8.11. The van der Waals surface area contributed by atoms with Crippen LogP contribution in [-0.2, 0) is 0 Å². The van der Waals surface area contributed by atoms with Gasteiger partial charge in [0.15, 0.2) is 5.78 Å². The average molecular weight is 217 g/mol. The zero-order valence-electron chi connectivity index (χ0n) is 9.94. The van der Waals surface area contributed by atoms with Gasteiger partial charge in [-0.25, -0.2) is 0 Å². The normalized spacial score (nSPS) is 26.3. The molecule has 2 N–H and O–H groups in total. The van der Waals surface area contributed by atoms with Crippen molar-refractivity contribution < 1.29 is 4.79 Å². The Labute approximate surface area is 96.8 Å². The fraction of sp³-hybridized carbons (Fsp3) is 0.500. The summed E-state index contributed by atoms with van der Waals surface area (Å²) in [4.78, 5) is 12.3. The van der Waals surface area contributed by atoms with E-state index in [2.05, 4.69) is 13.0 Å². The van der Waals surface area contributed by atoms with E-state index in [4.69, 9.17) is 5.73 Å². The number of fused-ring (bicyclic) bond motifs is 1. The number of carbonyl (C=O) groups is 1. The molecule has 16 heavy (non-hydrogen) atoms. The highest BCUT2D eigenvalue weighted by Crippen LogP contribution is 2.35. The van der Waals surface area contributed by atoms with Gasteiger partial charge in [-0.2, -0.15) is 0 Å². The quantitative estimate of drug-likeness (QED) is 0.827. The van der Waals surface area contributed by atoms with E-state index < -0.39 is 0 Å². The molecule has 1 aromatic rings. The van der Waals surface area contributed by atoms with Crippen LogP contribution >= 0.6 is 0 Å². The lowest BCUT2D eigenvalue weighted by atomic mass is 9.73. The number of benzene rings is 1. The van der Waals surface area contributed by atoms with E-state index in [1.54, 1.807) is 0 Å². The lowest BCUT2D eigenvalue weighted by Crippen LogP contribution is -2.38. The molecule has 2 rings (SSSR count). The van der Waals surface area contributed by atoms with Crippen LogP contribution in [0.15, 0.2) is 24.3 Å². The van der Waals surface area contributed by atoms with Crippen LogP contribution in [0.1, 0.15) is 48.5 Å². The first-order valence-corrected chi connectivity index (χ1v) is 6.03. The van der Waals surface area contributed by atoms with Crippen molar-refractivity contribution in [2.45, 2.75) is 38.6 Å². The first-order valence-electron chi connectivity index (χ1n) is 6.03. The summed E-state index contributed by atoms with van der Waals surface area (Å²) in [5.74, 6) is 0.689. The molecule has 0 spiro atoms. The van der Waals surface area contributed by atoms with Crippen molar-refractivity contribution in [2.24, 2.45) is 11.7 Å². The molecule has 0 saturated heterocycles. The second-order valence-corrected chi connectivity index (χ2v) is 4.77. The molecule has 2 heteroatoms. The number of Topliss-reactive ketones (excluding diaryl/α,β-unsaturated/α-hetero) is 1. The molecule has 0 aliphatic heterocycles. The van der Waals surface area contributed by atoms with Gasteiger partial charge in [0.05, 0.1) is 0 Å². The Hall–Kier alpha value is -1.15. The molecule has 86 valence electrons. The molecule has 0 saturated carbocycles. The molecule has 1 aromatic carbocycles. The van der Waals surface area contributed by atoms with Crippen LogP contribution in [0, 0.1) is 5.92 Å². The first kappa shape index (κ1) is 11.3. The molecule has 0 heterocycles. The van der Waals surface area contributed by atoms with Crippen LogP contribution in [0.2, 0.25) is 0 Å². The number of nitrogens with two attached hydrogens (primary N) is 1. The van der Waals surface area contributed by atoms with Crippen molar-refractivity contribution in [3.05, 3.63) is 35.4 Å². The molecule has 3 unspecified atom stereocenters. The van der Waals surface area contributed by atoms with Crippen molar-refractivity contribution in [2.75, 3.05) is 0 Å². The molecular weight excluding hydrogens is 198 g/mol. The maximum Gasteiger partial charge on any atom is 0.167 e. The maximum atomic E-state index is 12.3. The maximum absolute atomic E-state index is 12.3. The molecule has 3 atom stereocenters. The van der Waals surface area contributed by atoms with E-state index in [9.17, 15) is 4.79 Å². The third kappa shape index (κ3) is 1.78. The predicted molar refractivity (Wildman–Crippen MR) is 65.6 cm³/mol. The largest absolute Gasteiger partial charge is 0.327 e. The Morgan fingerprint density at radius 3 is 2.81 bits per heavy atom. The highest BCUT2D eigenvalue weighted by molar-refractivity contribution is 6.00. The molecule has 1 aliphatic rings. The smallest absolute Gasteiger partial charge is 0.167 e. The molecule has 0 fully saturated rings. The summed E-state index contributed by atoms with van der Waals surface area (Å²) in [5, 5.41) is 0. The van der Waals surface area contributed by atoms with Gasteiger partial charge >= 0.3 is 0 Å². The van der Waals surface area contributed by atoms with E-state index in [0.29, 0.717) is 5.92 Å². The van der Waals surface area contributed by atoms with Crippen LogP contribution in [0.5, 0.6) is 0 Å². The summed E-state index contributed by atoms with van der Waals surface area (Å²) in [6.07, 6.45) is 1.76. The van der Waals surface area contributed by atoms with Crippen LogP contribution < -0.4 is 5.73 Å². The van der Waals surface area contributed by atoms with Gasteiger partial charge < -0.3 is 5.73 Å². The third-order valence-corrected chi connectivity index (χ3v) is 3.69. The molecule has 2 nitrogen and oxygen atoms in total. The highest BCUT2D eigenvalue weighted by Gasteiger charge is 2.34. The van der Waals surface area contributed by atoms with Gasteiger partial charge in [-0.15, -0.1) is 0 Å². The van der Waals surface area contributed by atoms with Crippen molar-refractivity contribution in [1.29, 1.82) is 0 Å². The predicted octanol–water partition coefficient (Wildman–Crippen LogP) is 2.73. The van der Waals surface area contributed by atoms with E-state index >= 15 is 0 Å². The van der Waals surface area contributed by atoms with Gasteiger partial charge in [0.25, 0.3) is 0 Å². The molecule has 0 amide bonds. The van der Waals surface area contributed by atoms with Gasteiger partial charge in [0.2, 0.25) is 0 Å². The van der Waals surface area contributed by atoms with Crippen LogP contribution in [0.25, 0.3) is 0 Å². The number of carbonyl (C=O) groups excluding carboxylic acids is 1. The molecule has 0 bridgehead atoms. The number of ketones is 1. The molecule has 1 aliphatic carbocycles. The Morgan fingerprint density at radius 2 is 2.12 bits per heavy atom. The fourth-order valence-corrected chi connectivity index (χ4v) is 2.62. The van der Waals surface area contributed by atoms with Crippen LogP contribution in [-0.4, -0.2) is 11.8 Å². The number of rotatable bonds is 2. The SMILES string of the molecule is CCC(N)C1CC(C)c2ccccc2C1=O. The summed E-state index contributed by atoms with van der Waals surface area (Å²) in [7, 11) is 0. The minimum absolute atomic E-state index is 0.00306. The van der Waals surface area contributed by atoms with Crippen molar-refractivity contribution in [3.8, 4) is 0 Å². The van der Waals surface area contributed by atoms with Gasteiger partial charge in [-0.05, 0) is 24.3 Å². The Morgan fingerprint density at radius 1 is 1.44 bits per heavy atom. The van der Waals surface area contributed by atoms with Crippen LogP contribution in [0.4, 0.5) is 0 Å².